The Hall–Kier alpha value is -4.88. The number of carbonyl (C=O) groups excluding carboxylic acids is 1. The van der Waals surface area contributed by atoms with Crippen molar-refractivity contribution in [3.63, 3.8) is 0 Å². The number of amides is 1. The topological polar surface area (TPSA) is 155 Å². The molecule has 2 aliphatic heterocycles. The monoisotopic (exact) mass is 583 g/mol. The average Bonchev–Trinajstić information content (AvgIpc) is 3.59. The van der Waals surface area contributed by atoms with E-state index in [-0.39, 0.29) is 18.4 Å². The number of nitrogens with zero attached hydrogens (tertiary/aromatic N) is 7. The molecule has 0 aliphatic carbocycles. The summed E-state index contributed by atoms with van der Waals surface area (Å²) in [4.78, 5) is 35.0. The highest BCUT2D eigenvalue weighted by Gasteiger charge is 2.44. The highest BCUT2D eigenvalue weighted by Crippen LogP contribution is 2.38. The third kappa shape index (κ3) is 5.51. The third-order valence-electron chi connectivity index (χ3n) is 7.63. The van der Waals surface area contributed by atoms with E-state index >= 15 is 0 Å². The summed E-state index contributed by atoms with van der Waals surface area (Å²) < 4.78 is 11.1. The van der Waals surface area contributed by atoms with E-state index in [2.05, 4.69) is 37.3 Å². The van der Waals surface area contributed by atoms with Crippen molar-refractivity contribution in [2.24, 2.45) is 0 Å². The van der Waals surface area contributed by atoms with Gasteiger partial charge >= 0.3 is 0 Å². The molecule has 0 unspecified atom stereocenters. The van der Waals surface area contributed by atoms with Crippen LogP contribution in [-0.2, 0) is 10.3 Å². The van der Waals surface area contributed by atoms with E-state index in [0.717, 1.165) is 5.56 Å². The molecule has 1 amide bonds. The molecular weight excluding hydrogens is 550 g/mol. The fourth-order valence-corrected chi connectivity index (χ4v) is 5.28. The van der Waals surface area contributed by atoms with Crippen LogP contribution in [0.4, 0.5) is 23.4 Å². The SMILES string of the molecule is C=CCN1C(=O)c2cnc(Nc3cc(N[C@H](CO)c4ccccc4)c(-c4nc(N5CCOCC5)no4)cn3)nc2C1(C)C. The van der Waals surface area contributed by atoms with Crippen LogP contribution in [0.15, 0.2) is 66.0 Å². The van der Waals surface area contributed by atoms with Gasteiger partial charge in [-0.25, -0.2) is 15.0 Å². The summed E-state index contributed by atoms with van der Waals surface area (Å²) in [5.41, 5.74) is 2.52. The highest BCUT2D eigenvalue weighted by atomic mass is 16.5. The van der Waals surface area contributed by atoms with Gasteiger partial charge in [0.05, 0.1) is 53.9 Å². The maximum Gasteiger partial charge on any atom is 0.266 e. The lowest BCUT2D eigenvalue weighted by Crippen LogP contribution is -2.39. The molecule has 6 rings (SSSR count). The number of rotatable bonds is 10. The molecule has 1 aromatic carbocycles. The summed E-state index contributed by atoms with van der Waals surface area (Å²) in [6.07, 6.45) is 4.85. The standard InChI is InChI=1S/C30H33N9O4/c1-4-10-39-27(41)21-17-32-28(35-25(21)30(39,2)3)34-24-15-22(33-23(18-40)19-8-6-5-7-9-19)20(16-31-24)26-36-29(37-43-26)38-11-13-42-14-12-38/h4-9,15-17,23,40H,1,10-14,18H2,2-3H3,(H2,31,32,33,34,35)/t23-/m1/s1. The van der Waals surface area contributed by atoms with E-state index in [1.54, 1.807) is 23.2 Å². The number of pyridine rings is 1. The maximum absolute atomic E-state index is 12.9. The lowest BCUT2D eigenvalue weighted by molar-refractivity contribution is 0.0649. The molecule has 2 aliphatic rings. The Morgan fingerprint density at radius 2 is 1.88 bits per heavy atom. The van der Waals surface area contributed by atoms with Crippen LogP contribution in [0.25, 0.3) is 11.5 Å². The first kappa shape index (κ1) is 28.2. The molecule has 0 spiro atoms. The maximum atomic E-state index is 12.9. The van der Waals surface area contributed by atoms with Crippen LogP contribution in [0.1, 0.15) is 41.5 Å². The van der Waals surface area contributed by atoms with Crippen LogP contribution in [0, 0.1) is 0 Å². The van der Waals surface area contributed by atoms with Crippen LogP contribution < -0.4 is 15.5 Å². The molecule has 4 aromatic rings. The smallest absolute Gasteiger partial charge is 0.266 e. The molecule has 13 heteroatoms. The van der Waals surface area contributed by atoms with Gasteiger partial charge in [-0.2, -0.15) is 4.98 Å². The average molecular weight is 584 g/mol. The third-order valence-corrected chi connectivity index (χ3v) is 7.63. The second-order valence-corrected chi connectivity index (χ2v) is 10.7. The Kier molecular flexibility index (Phi) is 7.74. The van der Waals surface area contributed by atoms with Crippen molar-refractivity contribution in [1.82, 2.24) is 30.0 Å². The fourth-order valence-electron chi connectivity index (χ4n) is 5.28. The van der Waals surface area contributed by atoms with Crippen LogP contribution in [0.5, 0.6) is 0 Å². The van der Waals surface area contributed by atoms with Crippen molar-refractivity contribution in [1.29, 1.82) is 0 Å². The lowest BCUT2D eigenvalue weighted by atomic mass is 10.0. The molecular formula is C30H33N9O4. The molecule has 5 heterocycles. The molecule has 1 fully saturated rings. The Balaban J connectivity index is 1.33. The van der Waals surface area contributed by atoms with E-state index < -0.39 is 11.6 Å². The zero-order chi connectivity index (χ0) is 30.0. The number of ether oxygens (including phenoxy) is 1. The summed E-state index contributed by atoms with van der Waals surface area (Å²) >= 11 is 0. The van der Waals surface area contributed by atoms with Gasteiger partial charge in [0.15, 0.2) is 0 Å². The van der Waals surface area contributed by atoms with E-state index in [1.165, 1.54) is 6.20 Å². The minimum absolute atomic E-state index is 0.132. The number of aromatic nitrogens is 5. The molecule has 0 bridgehead atoms. The van der Waals surface area contributed by atoms with E-state index in [9.17, 15) is 9.90 Å². The van der Waals surface area contributed by atoms with Crippen molar-refractivity contribution in [2.75, 3.05) is 55.0 Å². The van der Waals surface area contributed by atoms with Crippen molar-refractivity contribution in [3.05, 3.63) is 78.3 Å². The number of benzene rings is 1. The predicted octanol–water partition coefficient (Wildman–Crippen LogP) is 3.52. The number of anilines is 4. The molecule has 222 valence electrons. The molecule has 0 radical (unpaired) electrons. The number of carbonyl (C=O) groups is 1. The number of aliphatic hydroxyl groups excluding tert-OH is 1. The predicted molar refractivity (Wildman–Crippen MR) is 160 cm³/mol. The van der Waals surface area contributed by atoms with Gasteiger partial charge in [0.25, 0.3) is 17.7 Å². The minimum Gasteiger partial charge on any atom is -0.394 e. The zero-order valence-corrected chi connectivity index (χ0v) is 24.0. The molecule has 13 nitrogen and oxygen atoms in total. The number of nitrogens with one attached hydrogen (secondary N) is 2. The largest absolute Gasteiger partial charge is 0.394 e. The van der Waals surface area contributed by atoms with Gasteiger partial charge in [0, 0.05) is 38.1 Å². The van der Waals surface area contributed by atoms with Crippen molar-refractivity contribution in [2.45, 2.75) is 25.4 Å². The second-order valence-electron chi connectivity index (χ2n) is 10.7. The van der Waals surface area contributed by atoms with Crippen molar-refractivity contribution >= 4 is 29.3 Å². The Bertz CT molecular complexity index is 1620. The lowest BCUT2D eigenvalue weighted by Gasteiger charge is -2.30. The van der Waals surface area contributed by atoms with Crippen LogP contribution >= 0.6 is 0 Å². The van der Waals surface area contributed by atoms with E-state index in [1.807, 2.05) is 49.1 Å². The number of hydrogen-bond acceptors (Lipinski definition) is 12. The number of fused-ring (bicyclic) bond motifs is 1. The van der Waals surface area contributed by atoms with Crippen molar-refractivity contribution in [3.8, 4) is 11.5 Å². The van der Waals surface area contributed by atoms with Crippen LogP contribution in [0.3, 0.4) is 0 Å². The molecule has 0 saturated carbocycles. The summed E-state index contributed by atoms with van der Waals surface area (Å²) in [6.45, 7) is 10.4. The molecule has 3 N–H and O–H groups in total. The Morgan fingerprint density at radius 3 is 2.63 bits per heavy atom. The van der Waals surface area contributed by atoms with Gasteiger partial charge in [0.2, 0.25) is 5.95 Å². The summed E-state index contributed by atoms with van der Waals surface area (Å²) in [5.74, 6) is 1.35. The minimum atomic E-state index is -0.635. The van der Waals surface area contributed by atoms with Crippen LogP contribution in [0.2, 0.25) is 0 Å². The van der Waals surface area contributed by atoms with Gasteiger partial charge in [-0.1, -0.05) is 36.4 Å². The first-order valence-corrected chi connectivity index (χ1v) is 14.1. The van der Waals surface area contributed by atoms with Gasteiger partial charge in [-0.15, -0.1) is 6.58 Å². The molecule has 3 aromatic heterocycles. The van der Waals surface area contributed by atoms with E-state index in [0.29, 0.717) is 73.1 Å². The summed E-state index contributed by atoms with van der Waals surface area (Å²) in [5, 5.41) is 21.0. The van der Waals surface area contributed by atoms with Gasteiger partial charge < -0.3 is 34.8 Å². The first-order chi connectivity index (χ1) is 20.9. The first-order valence-electron chi connectivity index (χ1n) is 14.1. The normalized spacial score (nSPS) is 16.6. The summed E-state index contributed by atoms with van der Waals surface area (Å²) in [6, 6.07) is 11.0. The number of hydrogen-bond donors (Lipinski definition) is 3. The zero-order valence-electron chi connectivity index (χ0n) is 24.0. The van der Waals surface area contributed by atoms with Gasteiger partial charge in [-0.3, -0.25) is 4.79 Å². The second kappa shape index (κ2) is 11.8. The molecule has 43 heavy (non-hydrogen) atoms. The number of morpholine rings is 1. The number of aliphatic hydroxyl groups is 1. The fraction of sp³-hybridized carbons (Fsp3) is 0.333. The molecule has 1 atom stereocenters. The quantitative estimate of drug-likeness (QED) is 0.234. The van der Waals surface area contributed by atoms with Gasteiger partial charge in [-0.05, 0) is 24.6 Å². The summed E-state index contributed by atoms with van der Waals surface area (Å²) in [7, 11) is 0. The van der Waals surface area contributed by atoms with Gasteiger partial charge in [0.1, 0.15) is 5.82 Å². The highest BCUT2D eigenvalue weighted by molar-refractivity contribution is 5.99. The van der Waals surface area contributed by atoms with E-state index in [4.69, 9.17) is 14.2 Å². The molecule has 1 saturated heterocycles. The van der Waals surface area contributed by atoms with Crippen molar-refractivity contribution < 1.29 is 19.2 Å². The Morgan fingerprint density at radius 1 is 1.12 bits per heavy atom. The Labute approximate surface area is 248 Å². The van der Waals surface area contributed by atoms with Crippen LogP contribution in [-0.4, -0.2) is 80.5 Å².